The molecule has 0 saturated heterocycles. The van der Waals surface area contributed by atoms with Crippen LogP contribution >= 0.6 is 11.8 Å². The summed E-state index contributed by atoms with van der Waals surface area (Å²) in [6, 6.07) is 5.76. The molecule has 1 aromatic carbocycles. The lowest BCUT2D eigenvalue weighted by Gasteiger charge is -2.06. The summed E-state index contributed by atoms with van der Waals surface area (Å²) >= 11 is 1.54. The van der Waals surface area contributed by atoms with Crippen molar-refractivity contribution in [3.63, 3.8) is 0 Å². The second-order valence-corrected chi connectivity index (χ2v) is 5.40. The molecule has 0 aliphatic rings. The summed E-state index contributed by atoms with van der Waals surface area (Å²) < 4.78 is 5.45. The standard InChI is InChI=1S/C13H18N4O2S/c1-3-19-9-4-5-10-11(6-9)16-13(15-10)20-7-8(2)12(14)17-18/h4-6,8,18H,3,7H2,1-2H3,(H2,14,17)(H,15,16). The predicted molar refractivity (Wildman–Crippen MR) is 80.6 cm³/mol. The smallest absolute Gasteiger partial charge is 0.166 e. The maximum atomic E-state index is 8.61. The summed E-state index contributed by atoms with van der Waals surface area (Å²) in [5.74, 6) is 1.73. The summed E-state index contributed by atoms with van der Waals surface area (Å²) in [6.45, 7) is 4.49. The van der Waals surface area contributed by atoms with Gasteiger partial charge < -0.3 is 20.7 Å². The van der Waals surface area contributed by atoms with E-state index in [1.54, 1.807) is 0 Å². The molecule has 108 valence electrons. The Balaban J connectivity index is 2.08. The van der Waals surface area contributed by atoms with Gasteiger partial charge in [-0.15, -0.1) is 0 Å². The van der Waals surface area contributed by atoms with Crippen LogP contribution in [0.3, 0.4) is 0 Å². The van der Waals surface area contributed by atoms with Gasteiger partial charge in [-0.25, -0.2) is 4.98 Å². The topological polar surface area (TPSA) is 96.5 Å². The number of benzene rings is 1. The van der Waals surface area contributed by atoms with Crippen LogP contribution in [0.5, 0.6) is 5.75 Å². The van der Waals surface area contributed by atoms with Gasteiger partial charge in [-0.2, -0.15) is 0 Å². The Kier molecular flexibility index (Phi) is 4.73. The average molecular weight is 294 g/mol. The number of nitrogens with two attached hydrogens (primary N) is 1. The van der Waals surface area contributed by atoms with E-state index in [1.165, 1.54) is 11.8 Å². The van der Waals surface area contributed by atoms with Gasteiger partial charge in [-0.1, -0.05) is 23.8 Å². The van der Waals surface area contributed by atoms with Gasteiger partial charge >= 0.3 is 0 Å². The second kappa shape index (κ2) is 6.51. The molecule has 1 atom stereocenters. The summed E-state index contributed by atoms with van der Waals surface area (Å²) in [6.07, 6.45) is 0. The van der Waals surface area contributed by atoms with E-state index in [9.17, 15) is 0 Å². The number of fused-ring (bicyclic) bond motifs is 1. The molecule has 2 rings (SSSR count). The Morgan fingerprint density at radius 2 is 2.40 bits per heavy atom. The minimum Gasteiger partial charge on any atom is -0.494 e. The third kappa shape index (κ3) is 3.36. The number of amidine groups is 1. The largest absolute Gasteiger partial charge is 0.494 e. The summed E-state index contributed by atoms with van der Waals surface area (Å²) in [5, 5.41) is 12.4. The number of nitrogens with one attached hydrogen (secondary N) is 1. The Labute approximate surface area is 121 Å². The number of H-pyrrole nitrogens is 1. The van der Waals surface area contributed by atoms with E-state index in [4.69, 9.17) is 15.7 Å². The van der Waals surface area contributed by atoms with Crippen molar-refractivity contribution in [1.29, 1.82) is 0 Å². The zero-order valence-electron chi connectivity index (χ0n) is 11.5. The molecule has 0 aliphatic carbocycles. The normalized spacial score (nSPS) is 13.6. The van der Waals surface area contributed by atoms with Crippen molar-refractivity contribution in [2.75, 3.05) is 12.4 Å². The predicted octanol–water partition coefficient (Wildman–Crippen LogP) is 2.44. The highest BCUT2D eigenvalue weighted by Gasteiger charge is 2.10. The van der Waals surface area contributed by atoms with Crippen LogP contribution in [0.4, 0.5) is 0 Å². The molecule has 0 fully saturated rings. The molecule has 20 heavy (non-hydrogen) atoms. The number of thioether (sulfide) groups is 1. The molecule has 1 heterocycles. The van der Waals surface area contributed by atoms with E-state index >= 15 is 0 Å². The van der Waals surface area contributed by atoms with Crippen molar-refractivity contribution in [3.05, 3.63) is 18.2 Å². The third-order valence-electron chi connectivity index (χ3n) is 2.83. The molecular formula is C13H18N4O2S. The number of aromatic amines is 1. The van der Waals surface area contributed by atoms with Gasteiger partial charge in [0.1, 0.15) is 11.6 Å². The second-order valence-electron chi connectivity index (χ2n) is 4.39. The van der Waals surface area contributed by atoms with E-state index in [1.807, 2.05) is 32.0 Å². The Morgan fingerprint density at radius 3 is 3.10 bits per heavy atom. The molecule has 1 unspecified atom stereocenters. The Hall–Kier alpha value is -1.89. The number of aromatic nitrogens is 2. The molecule has 7 heteroatoms. The zero-order valence-corrected chi connectivity index (χ0v) is 12.3. The minimum absolute atomic E-state index is 0.0165. The number of oxime groups is 1. The highest BCUT2D eigenvalue weighted by Crippen LogP contribution is 2.24. The quantitative estimate of drug-likeness (QED) is 0.250. The van der Waals surface area contributed by atoms with Gasteiger partial charge in [0.2, 0.25) is 0 Å². The molecule has 2 aromatic rings. The number of nitrogens with zero attached hydrogens (tertiary/aromatic N) is 2. The SMILES string of the molecule is CCOc1ccc2nc(SCC(C)/C(N)=N/O)[nH]c2c1. The van der Waals surface area contributed by atoms with Crippen molar-refractivity contribution in [1.82, 2.24) is 9.97 Å². The fourth-order valence-electron chi connectivity index (χ4n) is 1.68. The van der Waals surface area contributed by atoms with Crippen LogP contribution in [-0.4, -0.2) is 33.4 Å². The van der Waals surface area contributed by atoms with Gasteiger partial charge in [-0.3, -0.25) is 0 Å². The van der Waals surface area contributed by atoms with Gasteiger partial charge in [0.25, 0.3) is 0 Å². The van der Waals surface area contributed by atoms with E-state index in [0.717, 1.165) is 21.9 Å². The first-order chi connectivity index (χ1) is 9.63. The lowest BCUT2D eigenvalue weighted by molar-refractivity contribution is 0.315. The maximum Gasteiger partial charge on any atom is 0.166 e. The monoisotopic (exact) mass is 294 g/mol. The minimum atomic E-state index is -0.0165. The molecular weight excluding hydrogens is 276 g/mol. The molecule has 1 aromatic heterocycles. The molecule has 0 aliphatic heterocycles. The molecule has 0 bridgehead atoms. The van der Waals surface area contributed by atoms with Crippen LogP contribution in [0, 0.1) is 5.92 Å². The molecule has 0 amide bonds. The van der Waals surface area contributed by atoms with Gasteiger partial charge in [0, 0.05) is 17.7 Å². The van der Waals surface area contributed by atoms with E-state index in [0.29, 0.717) is 12.4 Å². The van der Waals surface area contributed by atoms with Crippen molar-refractivity contribution < 1.29 is 9.94 Å². The zero-order chi connectivity index (χ0) is 14.5. The maximum absolute atomic E-state index is 8.61. The highest BCUT2D eigenvalue weighted by molar-refractivity contribution is 7.99. The fraction of sp³-hybridized carbons (Fsp3) is 0.385. The molecule has 0 saturated carbocycles. The van der Waals surface area contributed by atoms with Crippen molar-refractivity contribution in [2.24, 2.45) is 16.8 Å². The summed E-state index contributed by atoms with van der Waals surface area (Å²) in [7, 11) is 0. The summed E-state index contributed by atoms with van der Waals surface area (Å²) in [5.41, 5.74) is 7.38. The van der Waals surface area contributed by atoms with Crippen LogP contribution in [0.25, 0.3) is 11.0 Å². The van der Waals surface area contributed by atoms with Crippen LogP contribution in [0.15, 0.2) is 28.5 Å². The van der Waals surface area contributed by atoms with Crippen molar-refractivity contribution >= 4 is 28.6 Å². The molecule has 6 nitrogen and oxygen atoms in total. The lowest BCUT2D eigenvalue weighted by atomic mass is 10.2. The van der Waals surface area contributed by atoms with Crippen molar-refractivity contribution in [2.45, 2.75) is 19.0 Å². The van der Waals surface area contributed by atoms with Gasteiger partial charge in [0.15, 0.2) is 5.16 Å². The lowest BCUT2D eigenvalue weighted by Crippen LogP contribution is -2.22. The van der Waals surface area contributed by atoms with E-state index in [-0.39, 0.29) is 11.8 Å². The number of rotatable bonds is 6. The first kappa shape index (κ1) is 14.5. The number of ether oxygens (including phenoxy) is 1. The van der Waals surface area contributed by atoms with Gasteiger partial charge in [0.05, 0.1) is 17.6 Å². The third-order valence-corrected chi connectivity index (χ3v) is 3.97. The van der Waals surface area contributed by atoms with Crippen LogP contribution in [0.1, 0.15) is 13.8 Å². The average Bonchev–Trinajstić information content (AvgIpc) is 2.86. The fourth-order valence-corrected chi connectivity index (χ4v) is 2.60. The van der Waals surface area contributed by atoms with E-state index < -0.39 is 0 Å². The number of hydrogen-bond donors (Lipinski definition) is 3. The van der Waals surface area contributed by atoms with Crippen molar-refractivity contribution in [3.8, 4) is 5.75 Å². The van der Waals surface area contributed by atoms with Crippen LogP contribution in [-0.2, 0) is 0 Å². The first-order valence-electron chi connectivity index (χ1n) is 6.36. The molecule has 4 N–H and O–H groups in total. The molecule has 0 spiro atoms. The summed E-state index contributed by atoms with van der Waals surface area (Å²) in [4.78, 5) is 7.72. The highest BCUT2D eigenvalue weighted by atomic mass is 32.2. The first-order valence-corrected chi connectivity index (χ1v) is 7.35. The number of imidazole rings is 1. The Bertz CT molecular complexity index is 611. The van der Waals surface area contributed by atoms with Gasteiger partial charge in [-0.05, 0) is 19.1 Å². The Morgan fingerprint density at radius 1 is 1.60 bits per heavy atom. The van der Waals surface area contributed by atoms with Crippen LogP contribution < -0.4 is 10.5 Å². The van der Waals surface area contributed by atoms with E-state index in [2.05, 4.69) is 15.1 Å². The number of hydrogen-bond acceptors (Lipinski definition) is 5. The molecule has 0 radical (unpaired) electrons. The van der Waals surface area contributed by atoms with Crippen LogP contribution in [0.2, 0.25) is 0 Å².